The molecule has 0 aliphatic carbocycles. The van der Waals surface area contributed by atoms with Gasteiger partial charge < -0.3 is 14.6 Å². The van der Waals surface area contributed by atoms with Crippen molar-refractivity contribution in [2.24, 2.45) is 5.92 Å². The van der Waals surface area contributed by atoms with E-state index in [1.165, 1.54) is 6.26 Å². The summed E-state index contributed by atoms with van der Waals surface area (Å²) in [7, 11) is -3.32. The van der Waals surface area contributed by atoms with Crippen LogP contribution in [0.3, 0.4) is 0 Å². The lowest BCUT2D eigenvalue weighted by atomic mass is 9.86. The fourth-order valence-electron chi connectivity index (χ4n) is 4.91. The first-order valence-electron chi connectivity index (χ1n) is 12.3. The van der Waals surface area contributed by atoms with E-state index in [1.807, 2.05) is 31.2 Å². The molecule has 0 spiro atoms. The van der Waals surface area contributed by atoms with Gasteiger partial charge >= 0.3 is 0 Å². The van der Waals surface area contributed by atoms with Gasteiger partial charge in [0.05, 0.1) is 11.6 Å². The van der Waals surface area contributed by atoms with Crippen molar-refractivity contribution in [2.75, 3.05) is 39.2 Å². The number of hydrogen-bond donors (Lipinski definition) is 1. The van der Waals surface area contributed by atoms with Gasteiger partial charge in [0.2, 0.25) is 0 Å². The topological polar surface area (TPSA) is 76.1 Å². The molecular formula is C29H30FNO5S. The Balaban J connectivity index is 1.40. The first-order valence-corrected chi connectivity index (χ1v) is 14.1. The minimum Gasteiger partial charge on any atom is -0.508 e. The van der Waals surface area contributed by atoms with Gasteiger partial charge in [-0.05, 0) is 66.1 Å². The van der Waals surface area contributed by atoms with Gasteiger partial charge in [-0.15, -0.1) is 0 Å². The van der Waals surface area contributed by atoms with E-state index in [0.717, 1.165) is 53.2 Å². The maximum absolute atomic E-state index is 12.6. The molecule has 0 amide bonds. The summed E-state index contributed by atoms with van der Waals surface area (Å²) >= 11 is 0. The highest BCUT2D eigenvalue weighted by Gasteiger charge is 2.30. The van der Waals surface area contributed by atoms with Crippen molar-refractivity contribution < 1.29 is 27.4 Å². The molecule has 1 atom stereocenters. The Labute approximate surface area is 216 Å². The van der Waals surface area contributed by atoms with Gasteiger partial charge in [0.15, 0.2) is 9.84 Å². The molecule has 0 aromatic heterocycles. The number of halogens is 1. The van der Waals surface area contributed by atoms with Crippen LogP contribution in [0.25, 0.3) is 11.1 Å². The fourth-order valence-corrected chi connectivity index (χ4v) is 5.54. The Hall–Kier alpha value is -3.36. The standard InChI is InChI=1S/C29H30FNO5S/c1-19-26-15-23(32)7-12-27(26)36-29(28(19)21-5-10-25(11-6-21)37(2,33)34)22-3-8-24(9-4-22)35-14-13-31-17-20(16-30)18-31/h3-12,15,20,29,32H,13-14,16-18H2,1-2H3. The number of allylic oxidation sites excluding steroid dienone is 1. The molecule has 2 heterocycles. The molecule has 37 heavy (non-hydrogen) atoms. The van der Waals surface area contributed by atoms with Crippen LogP contribution in [-0.4, -0.2) is 57.6 Å². The minimum atomic E-state index is -3.32. The van der Waals surface area contributed by atoms with Gasteiger partial charge in [-0.25, -0.2) is 8.42 Å². The number of hydrogen-bond acceptors (Lipinski definition) is 6. The van der Waals surface area contributed by atoms with Gasteiger partial charge in [-0.2, -0.15) is 0 Å². The highest BCUT2D eigenvalue weighted by molar-refractivity contribution is 7.90. The van der Waals surface area contributed by atoms with Crippen molar-refractivity contribution in [1.82, 2.24) is 4.90 Å². The molecule has 1 fully saturated rings. The Morgan fingerprint density at radius 2 is 1.76 bits per heavy atom. The highest BCUT2D eigenvalue weighted by atomic mass is 32.2. The number of sulfone groups is 1. The second-order valence-electron chi connectivity index (χ2n) is 9.71. The van der Waals surface area contributed by atoms with Crippen molar-refractivity contribution in [3.63, 3.8) is 0 Å². The van der Waals surface area contributed by atoms with E-state index in [2.05, 4.69) is 4.90 Å². The van der Waals surface area contributed by atoms with Gasteiger partial charge in [0, 0.05) is 42.9 Å². The molecule has 194 valence electrons. The van der Waals surface area contributed by atoms with Gasteiger partial charge in [-0.3, -0.25) is 9.29 Å². The minimum absolute atomic E-state index is 0.145. The van der Waals surface area contributed by atoms with Crippen LogP contribution >= 0.6 is 0 Å². The average Bonchev–Trinajstić information content (AvgIpc) is 2.85. The molecule has 1 unspecified atom stereocenters. The summed E-state index contributed by atoms with van der Waals surface area (Å²) in [5.41, 5.74) is 4.38. The molecule has 3 aromatic rings. The number of phenols is 1. The molecule has 0 bridgehead atoms. The number of rotatable bonds is 8. The van der Waals surface area contributed by atoms with E-state index in [1.54, 1.807) is 42.5 Å². The van der Waals surface area contributed by atoms with Crippen molar-refractivity contribution in [2.45, 2.75) is 17.9 Å². The quantitative estimate of drug-likeness (QED) is 0.441. The van der Waals surface area contributed by atoms with Crippen LogP contribution in [0.2, 0.25) is 0 Å². The summed E-state index contributed by atoms with van der Waals surface area (Å²) in [6, 6.07) is 19.6. The lowest BCUT2D eigenvalue weighted by Crippen LogP contribution is -2.49. The van der Waals surface area contributed by atoms with Gasteiger partial charge in [0.25, 0.3) is 0 Å². The zero-order valence-electron chi connectivity index (χ0n) is 20.9. The molecule has 8 heteroatoms. The van der Waals surface area contributed by atoms with Crippen LogP contribution in [0, 0.1) is 5.92 Å². The summed E-state index contributed by atoms with van der Waals surface area (Å²) in [5.74, 6) is 1.72. The Kier molecular flexibility index (Phi) is 6.96. The van der Waals surface area contributed by atoms with Gasteiger partial charge in [-0.1, -0.05) is 24.3 Å². The summed E-state index contributed by atoms with van der Waals surface area (Å²) in [6.07, 6.45) is 0.750. The third-order valence-corrected chi connectivity index (χ3v) is 8.11. The van der Waals surface area contributed by atoms with Crippen LogP contribution < -0.4 is 9.47 Å². The van der Waals surface area contributed by atoms with Crippen LogP contribution in [0.15, 0.2) is 71.6 Å². The molecule has 6 nitrogen and oxygen atoms in total. The highest BCUT2D eigenvalue weighted by Crippen LogP contribution is 2.47. The number of fused-ring (bicyclic) bond motifs is 1. The van der Waals surface area contributed by atoms with Crippen LogP contribution in [0.5, 0.6) is 17.2 Å². The summed E-state index contributed by atoms with van der Waals surface area (Å²) < 4.78 is 48.9. The van der Waals surface area contributed by atoms with Crippen molar-refractivity contribution in [3.8, 4) is 17.2 Å². The molecule has 1 saturated heterocycles. The Bertz CT molecular complexity index is 1410. The Morgan fingerprint density at radius 1 is 1.05 bits per heavy atom. The van der Waals surface area contributed by atoms with E-state index in [9.17, 15) is 17.9 Å². The number of alkyl halides is 1. The first kappa shape index (κ1) is 25.3. The lowest BCUT2D eigenvalue weighted by molar-refractivity contribution is 0.0668. The third-order valence-electron chi connectivity index (χ3n) is 6.98. The Morgan fingerprint density at radius 3 is 2.41 bits per heavy atom. The van der Waals surface area contributed by atoms with E-state index in [-0.39, 0.29) is 23.2 Å². The summed E-state index contributed by atoms with van der Waals surface area (Å²) in [4.78, 5) is 2.43. The zero-order valence-corrected chi connectivity index (χ0v) is 21.7. The summed E-state index contributed by atoms with van der Waals surface area (Å²) in [5, 5.41) is 10.1. The number of nitrogens with zero attached hydrogens (tertiary/aromatic N) is 1. The maximum Gasteiger partial charge on any atom is 0.175 e. The first-order chi connectivity index (χ1) is 17.7. The molecule has 1 N–H and O–H groups in total. The second kappa shape index (κ2) is 10.2. The SMILES string of the molecule is CC1=C(c2ccc(S(C)(=O)=O)cc2)C(c2ccc(OCCN3CC(CF)C3)cc2)Oc2ccc(O)cc21. The number of aromatic hydroxyl groups is 1. The van der Waals surface area contributed by atoms with Gasteiger partial charge in [0.1, 0.15) is 30.0 Å². The zero-order chi connectivity index (χ0) is 26.2. The molecule has 0 radical (unpaired) electrons. The number of likely N-dealkylation sites (tertiary alicyclic amines) is 1. The second-order valence-corrected chi connectivity index (χ2v) is 11.7. The van der Waals surface area contributed by atoms with E-state index in [4.69, 9.17) is 9.47 Å². The van der Waals surface area contributed by atoms with E-state index >= 15 is 0 Å². The van der Waals surface area contributed by atoms with Crippen molar-refractivity contribution in [1.29, 1.82) is 0 Å². The summed E-state index contributed by atoms with van der Waals surface area (Å²) in [6.45, 7) is 4.60. The van der Waals surface area contributed by atoms with Crippen molar-refractivity contribution in [3.05, 3.63) is 83.4 Å². The molecule has 3 aromatic carbocycles. The molecular weight excluding hydrogens is 493 g/mol. The largest absolute Gasteiger partial charge is 0.508 e. The monoisotopic (exact) mass is 523 g/mol. The van der Waals surface area contributed by atoms with E-state index < -0.39 is 15.9 Å². The van der Waals surface area contributed by atoms with Crippen LogP contribution in [0.1, 0.15) is 29.7 Å². The van der Waals surface area contributed by atoms with Crippen molar-refractivity contribution >= 4 is 21.0 Å². The lowest BCUT2D eigenvalue weighted by Gasteiger charge is -2.37. The van der Waals surface area contributed by atoms with Crippen LogP contribution in [0.4, 0.5) is 4.39 Å². The number of ether oxygens (including phenoxy) is 2. The smallest absolute Gasteiger partial charge is 0.175 e. The normalized spacial score (nSPS) is 18.2. The predicted octanol–water partition coefficient (Wildman–Crippen LogP) is 5.14. The van der Waals surface area contributed by atoms with E-state index in [0.29, 0.717) is 12.4 Å². The molecule has 5 rings (SSSR count). The third kappa shape index (κ3) is 5.36. The maximum atomic E-state index is 12.6. The average molecular weight is 524 g/mol. The number of phenolic OH excluding ortho intramolecular Hbond substituents is 1. The molecule has 2 aliphatic heterocycles. The fraction of sp³-hybridized carbons (Fsp3) is 0.310. The number of benzene rings is 3. The molecule has 2 aliphatic rings. The van der Waals surface area contributed by atoms with Crippen LogP contribution in [-0.2, 0) is 9.84 Å². The predicted molar refractivity (Wildman–Crippen MR) is 141 cm³/mol. The molecule has 0 saturated carbocycles.